The summed E-state index contributed by atoms with van der Waals surface area (Å²) in [5.74, 6) is 0.847. The second-order valence-electron chi connectivity index (χ2n) is 7.54. The topological polar surface area (TPSA) is 72.0 Å². The van der Waals surface area contributed by atoms with Gasteiger partial charge in [-0.25, -0.2) is 0 Å². The lowest BCUT2D eigenvalue weighted by atomic mass is 9.83. The summed E-state index contributed by atoms with van der Waals surface area (Å²) < 4.78 is 10.3. The first-order chi connectivity index (χ1) is 13.2. The van der Waals surface area contributed by atoms with Crippen molar-refractivity contribution in [2.24, 2.45) is 10.4 Å². The number of methoxy groups -OCH3 is 1. The molecule has 6 nitrogen and oxygen atoms in total. The highest BCUT2D eigenvalue weighted by Gasteiger charge is 2.33. The van der Waals surface area contributed by atoms with Crippen molar-refractivity contribution in [3.8, 4) is 0 Å². The van der Waals surface area contributed by atoms with Crippen LogP contribution >= 0.6 is 24.0 Å². The maximum Gasteiger partial charge on any atom is 0.305 e. The van der Waals surface area contributed by atoms with Gasteiger partial charge in [0.25, 0.3) is 0 Å². The molecule has 0 aromatic rings. The number of ether oxygens (including phenoxy) is 2. The van der Waals surface area contributed by atoms with Crippen LogP contribution < -0.4 is 10.6 Å². The molecular weight excluding hydrogens is 469 g/mol. The first kappa shape index (κ1) is 27.4. The number of unbranched alkanes of at least 4 members (excludes halogenated alkanes) is 3. The number of hydrogen-bond donors (Lipinski definition) is 2. The lowest BCUT2D eigenvalue weighted by Gasteiger charge is -2.27. The molecule has 1 aliphatic rings. The van der Waals surface area contributed by atoms with Crippen LogP contribution in [-0.2, 0) is 14.3 Å². The van der Waals surface area contributed by atoms with E-state index in [1.165, 1.54) is 25.7 Å². The van der Waals surface area contributed by atoms with E-state index in [-0.39, 0.29) is 29.9 Å². The maximum atomic E-state index is 11.3. The molecule has 0 aliphatic heterocycles. The van der Waals surface area contributed by atoms with E-state index in [9.17, 15) is 4.79 Å². The zero-order chi connectivity index (χ0) is 19.8. The summed E-state index contributed by atoms with van der Waals surface area (Å²) >= 11 is 0. The zero-order valence-corrected chi connectivity index (χ0v) is 20.5. The average Bonchev–Trinajstić information content (AvgIpc) is 3.13. The smallest absolute Gasteiger partial charge is 0.305 e. The van der Waals surface area contributed by atoms with Gasteiger partial charge in [0.05, 0.1) is 6.61 Å². The van der Waals surface area contributed by atoms with Gasteiger partial charge in [-0.2, -0.15) is 0 Å². The third kappa shape index (κ3) is 12.1. The Labute approximate surface area is 189 Å². The molecule has 28 heavy (non-hydrogen) atoms. The van der Waals surface area contributed by atoms with Crippen LogP contribution in [0.3, 0.4) is 0 Å². The maximum absolute atomic E-state index is 11.3. The van der Waals surface area contributed by atoms with Crippen LogP contribution in [0.15, 0.2) is 4.99 Å². The molecule has 0 radical (unpaired) electrons. The van der Waals surface area contributed by atoms with E-state index in [1.807, 2.05) is 6.92 Å². The zero-order valence-electron chi connectivity index (χ0n) is 18.2. The molecule has 0 amide bonds. The Morgan fingerprint density at radius 3 is 2.43 bits per heavy atom. The number of carbonyl (C=O) groups is 1. The highest BCUT2D eigenvalue weighted by molar-refractivity contribution is 14.0. The van der Waals surface area contributed by atoms with Crippen LogP contribution in [0.1, 0.15) is 78.1 Å². The Bertz CT molecular complexity index is 427. The summed E-state index contributed by atoms with van der Waals surface area (Å²) in [5.41, 5.74) is 0.325. The van der Waals surface area contributed by atoms with Gasteiger partial charge >= 0.3 is 5.97 Å². The van der Waals surface area contributed by atoms with Gasteiger partial charge in [-0.1, -0.05) is 25.7 Å². The minimum absolute atomic E-state index is 0. The fourth-order valence-electron chi connectivity index (χ4n) is 3.71. The largest absolute Gasteiger partial charge is 0.466 e. The number of halogens is 1. The minimum atomic E-state index is -0.0773. The molecule has 0 unspecified atom stereocenters. The van der Waals surface area contributed by atoms with Gasteiger partial charge in [0.1, 0.15) is 0 Å². The van der Waals surface area contributed by atoms with E-state index in [0.717, 1.165) is 64.3 Å². The first-order valence-electron chi connectivity index (χ1n) is 10.8. The van der Waals surface area contributed by atoms with E-state index in [1.54, 1.807) is 7.11 Å². The summed E-state index contributed by atoms with van der Waals surface area (Å²) in [4.78, 5) is 16.2. The normalized spacial score (nSPS) is 15.8. The standard InChI is InChI=1S/C21H41N3O3.HI/c1-4-22-20(23-16-11-7-6-8-12-19(25)27-5-2)24-18-21(15-17-26-3)13-9-10-14-21;/h4-18H2,1-3H3,(H2,22,23,24);1H. The second kappa shape index (κ2) is 17.3. The van der Waals surface area contributed by atoms with Crippen LogP contribution in [0.5, 0.6) is 0 Å². The Morgan fingerprint density at radius 2 is 1.79 bits per heavy atom. The lowest BCUT2D eigenvalue weighted by molar-refractivity contribution is -0.143. The summed E-state index contributed by atoms with van der Waals surface area (Å²) in [6.07, 6.45) is 11.0. The fourth-order valence-corrected chi connectivity index (χ4v) is 3.71. The van der Waals surface area contributed by atoms with Crippen molar-refractivity contribution in [1.29, 1.82) is 0 Å². The van der Waals surface area contributed by atoms with Crippen molar-refractivity contribution in [1.82, 2.24) is 10.6 Å². The Morgan fingerprint density at radius 1 is 1.07 bits per heavy atom. The molecule has 0 bridgehead atoms. The molecule has 0 heterocycles. The van der Waals surface area contributed by atoms with Gasteiger partial charge in [0, 0.05) is 39.8 Å². The third-order valence-electron chi connectivity index (χ3n) is 5.32. The number of rotatable bonds is 14. The minimum Gasteiger partial charge on any atom is -0.466 e. The van der Waals surface area contributed by atoms with E-state index < -0.39 is 0 Å². The number of hydrogen-bond acceptors (Lipinski definition) is 4. The predicted octanol–water partition coefficient (Wildman–Crippen LogP) is 4.27. The van der Waals surface area contributed by atoms with Crippen molar-refractivity contribution in [2.75, 3.05) is 40.0 Å². The van der Waals surface area contributed by atoms with Crippen LogP contribution in [0, 0.1) is 5.41 Å². The molecule has 1 fully saturated rings. The van der Waals surface area contributed by atoms with Gasteiger partial charge in [0.2, 0.25) is 0 Å². The molecule has 1 saturated carbocycles. The number of aliphatic imine (C=N–C) groups is 1. The van der Waals surface area contributed by atoms with E-state index in [4.69, 9.17) is 14.5 Å². The van der Waals surface area contributed by atoms with Crippen molar-refractivity contribution >= 4 is 35.9 Å². The van der Waals surface area contributed by atoms with Crippen molar-refractivity contribution in [2.45, 2.75) is 78.1 Å². The van der Waals surface area contributed by atoms with Gasteiger partial charge in [-0.15, -0.1) is 24.0 Å². The molecule has 0 aromatic heterocycles. The number of esters is 1. The SMILES string of the molecule is CCNC(=NCC1(CCOC)CCCC1)NCCCCCCC(=O)OCC.I. The molecule has 7 heteroatoms. The van der Waals surface area contributed by atoms with E-state index in [2.05, 4.69) is 17.6 Å². The fraction of sp³-hybridized carbons (Fsp3) is 0.905. The van der Waals surface area contributed by atoms with Gasteiger partial charge in [0.15, 0.2) is 5.96 Å². The first-order valence-corrected chi connectivity index (χ1v) is 10.8. The number of guanidine groups is 1. The van der Waals surface area contributed by atoms with Crippen molar-refractivity contribution < 1.29 is 14.3 Å². The monoisotopic (exact) mass is 511 g/mol. The molecule has 2 N–H and O–H groups in total. The highest BCUT2D eigenvalue weighted by Crippen LogP contribution is 2.41. The Hall–Kier alpha value is -0.570. The lowest BCUT2D eigenvalue weighted by Crippen LogP contribution is -2.39. The number of carbonyl (C=O) groups excluding carboxylic acids is 1. The van der Waals surface area contributed by atoms with E-state index in [0.29, 0.717) is 18.4 Å². The van der Waals surface area contributed by atoms with Gasteiger partial charge in [-0.3, -0.25) is 9.79 Å². The molecular formula is C21H42IN3O3. The Kier molecular flexibility index (Phi) is 16.9. The highest BCUT2D eigenvalue weighted by atomic mass is 127. The molecule has 0 atom stereocenters. The Balaban J connectivity index is 0.00000729. The van der Waals surface area contributed by atoms with Crippen LogP contribution in [0.25, 0.3) is 0 Å². The molecule has 0 spiro atoms. The summed E-state index contributed by atoms with van der Waals surface area (Å²) in [7, 11) is 1.78. The average molecular weight is 511 g/mol. The van der Waals surface area contributed by atoms with Gasteiger partial charge < -0.3 is 20.1 Å². The molecule has 1 rings (SSSR count). The molecule has 1 aliphatic carbocycles. The van der Waals surface area contributed by atoms with Crippen molar-refractivity contribution in [3.05, 3.63) is 0 Å². The quantitative estimate of drug-likeness (QED) is 0.120. The summed E-state index contributed by atoms with van der Waals surface area (Å²) in [5, 5.41) is 6.81. The van der Waals surface area contributed by atoms with Gasteiger partial charge in [-0.05, 0) is 51.4 Å². The van der Waals surface area contributed by atoms with E-state index >= 15 is 0 Å². The molecule has 0 saturated heterocycles. The van der Waals surface area contributed by atoms with Crippen LogP contribution in [0.4, 0.5) is 0 Å². The predicted molar refractivity (Wildman–Crippen MR) is 127 cm³/mol. The molecule has 0 aromatic carbocycles. The number of nitrogens with zero attached hydrogens (tertiary/aromatic N) is 1. The number of nitrogens with one attached hydrogen (secondary N) is 2. The van der Waals surface area contributed by atoms with Crippen LogP contribution in [0.2, 0.25) is 0 Å². The van der Waals surface area contributed by atoms with Crippen LogP contribution in [-0.4, -0.2) is 51.9 Å². The van der Waals surface area contributed by atoms with Crippen molar-refractivity contribution in [3.63, 3.8) is 0 Å². The third-order valence-corrected chi connectivity index (χ3v) is 5.32. The molecule has 166 valence electrons. The summed E-state index contributed by atoms with van der Waals surface area (Å²) in [6.45, 7) is 7.91. The summed E-state index contributed by atoms with van der Waals surface area (Å²) in [6, 6.07) is 0. The second-order valence-corrected chi connectivity index (χ2v) is 7.54.